The van der Waals surface area contributed by atoms with Crippen LogP contribution in [0.25, 0.3) is 0 Å². The molecule has 2 aromatic carbocycles. The van der Waals surface area contributed by atoms with E-state index in [2.05, 4.69) is 22.8 Å². The Hall–Kier alpha value is -1.26. The van der Waals surface area contributed by atoms with Crippen LogP contribution in [-0.4, -0.2) is 19.6 Å². The molecule has 3 rings (SSSR count). The average molecular weight is 379 g/mol. The predicted octanol–water partition coefficient (Wildman–Crippen LogP) is 4.66. The fraction of sp³-hybridized carbons (Fsp3) is 0.400. The lowest BCUT2D eigenvalue weighted by atomic mass is 9.98. The van der Waals surface area contributed by atoms with Crippen LogP contribution in [0.5, 0.6) is 5.75 Å². The number of ether oxygens (including phenoxy) is 1. The molecule has 0 saturated carbocycles. The molecular weight excluding hydrogens is 355 g/mol. The zero-order valence-electron chi connectivity index (χ0n) is 14.2. The van der Waals surface area contributed by atoms with Gasteiger partial charge in [0, 0.05) is 6.54 Å². The van der Waals surface area contributed by atoms with E-state index in [-0.39, 0.29) is 0 Å². The first-order valence-electron chi connectivity index (χ1n) is 8.78. The smallest absolute Gasteiger partial charge is 0.119 e. The van der Waals surface area contributed by atoms with Crippen LogP contribution in [0.2, 0.25) is 10.0 Å². The maximum Gasteiger partial charge on any atom is 0.119 e. The molecule has 1 fully saturated rings. The van der Waals surface area contributed by atoms with Crippen molar-refractivity contribution in [3.63, 3.8) is 0 Å². The van der Waals surface area contributed by atoms with E-state index in [1.165, 1.54) is 18.4 Å². The van der Waals surface area contributed by atoms with Crippen molar-refractivity contribution in [1.29, 1.82) is 0 Å². The molecule has 1 heterocycles. The molecule has 2 aromatic rings. The Morgan fingerprint density at radius 3 is 2.40 bits per heavy atom. The summed E-state index contributed by atoms with van der Waals surface area (Å²) in [7, 11) is 0. The number of benzene rings is 2. The molecular formula is C20H24Cl2N2O. The van der Waals surface area contributed by atoms with Gasteiger partial charge in [0.25, 0.3) is 0 Å². The summed E-state index contributed by atoms with van der Waals surface area (Å²) in [5, 5.41) is 8.08. The highest BCUT2D eigenvalue weighted by atomic mass is 35.5. The highest BCUT2D eigenvalue weighted by Crippen LogP contribution is 2.23. The van der Waals surface area contributed by atoms with E-state index in [9.17, 15) is 0 Å². The molecule has 1 aliphatic rings. The van der Waals surface area contributed by atoms with Gasteiger partial charge in [-0.2, -0.15) is 0 Å². The van der Waals surface area contributed by atoms with Crippen LogP contribution in [0.15, 0.2) is 42.5 Å². The van der Waals surface area contributed by atoms with Crippen molar-refractivity contribution in [2.45, 2.75) is 26.0 Å². The van der Waals surface area contributed by atoms with E-state index in [0.717, 1.165) is 43.4 Å². The number of hydrogen-bond acceptors (Lipinski definition) is 3. The van der Waals surface area contributed by atoms with Gasteiger partial charge < -0.3 is 15.4 Å². The Balaban J connectivity index is 1.42. The van der Waals surface area contributed by atoms with Gasteiger partial charge in [0.15, 0.2) is 0 Å². The molecule has 0 unspecified atom stereocenters. The first-order valence-corrected chi connectivity index (χ1v) is 9.53. The molecule has 0 radical (unpaired) electrons. The van der Waals surface area contributed by atoms with E-state index in [4.69, 9.17) is 27.9 Å². The largest absolute Gasteiger partial charge is 0.489 e. The maximum absolute atomic E-state index is 6.02. The van der Waals surface area contributed by atoms with E-state index in [1.54, 1.807) is 6.07 Å². The van der Waals surface area contributed by atoms with Gasteiger partial charge in [0.1, 0.15) is 12.4 Å². The molecule has 0 amide bonds. The minimum absolute atomic E-state index is 0.476. The van der Waals surface area contributed by atoms with Gasteiger partial charge in [-0.05, 0) is 73.8 Å². The van der Waals surface area contributed by atoms with Crippen LogP contribution in [0.3, 0.4) is 0 Å². The van der Waals surface area contributed by atoms with Crippen molar-refractivity contribution in [1.82, 2.24) is 10.6 Å². The molecule has 0 atom stereocenters. The third kappa shape index (κ3) is 5.89. The Morgan fingerprint density at radius 1 is 0.960 bits per heavy atom. The topological polar surface area (TPSA) is 33.3 Å². The highest BCUT2D eigenvalue weighted by molar-refractivity contribution is 6.42. The SMILES string of the molecule is Clc1ccc(COc2ccc(CNCC3CCNCC3)cc2)cc1Cl. The van der Waals surface area contributed by atoms with Gasteiger partial charge in [0.2, 0.25) is 0 Å². The summed E-state index contributed by atoms with van der Waals surface area (Å²) in [6, 6.07) is 13.8. The predicted molar refractivity (Wildman–Crippen MR) is 105 cm³/mol. The van der Waals surface area contributed by atoms with Crippen molar-refractivity contribution in [2.24, 2.45) is 5.92 Å². The lowest BCUT2D eigenvalue weighted by molar-refractivity contribution is 0.306. The van der Waals surface area contributed by atoms with Crippen LogP contribution in [-0.2, 0) is 13.2 Å². The minimum atomic E-state index is 0.476. The molecule has 134 valence electrons. The number of halogens is 2. The maximum atomic E-state index is 6.02. The first kappa shape index (κ1) is 18.5. The van der Waals surface area contributed by atoms with Crippen molar-refractivity contribution >= 4 is 23.2 Å². The van der Waals surface area contributed by atoms with Crippen LogP contribution in [0.1, 0.15) is 24.0 Å². The van der Waals surface area contributed by atoms with Gasteiger partial charge >= 0.3 is 0 Å². The summed E-state index contributed by atoms with van der Waals surface area (Å²) >= 11 is 11.9. The van der Waals surface area contributed by atoms with Crippen LogP contribution < -0.4 is 15.4 Å². The van der Waals surface area contributed by atoms with Gasteiger partial charge in [-0.25, -0.2) is 0 Å². The van der Waals surface area contributed by atoms with E-state index in [0.29, 0.717) is 16.7 Å². The van der Waals surface area contributed by atoms with Gasteiger partial charge in [-0.3, -0.25) is 0 Å². The second-order valence-electron chi connectivity index (χ2n) is 6.51. The van der Waals surface area contributed by atoms with E-state index in [1.807, 2.05) is 24.3 Å². The molecule has 0 bridgehead atoms. The Labute approximate surface area is 159 Å². The van der Waals surface area contributed by atoms with Gasteiger partial charge in [0.05, 0.1) is 10.0 Å². The minimum Gasteiger partial charge on any atom is -0.489 e. The van der Waals surface area contributed by atoms with E-state index < -0.39 is 0 Å². The third-order valence-electron chi connectivity index (χ3n) is 4.53. The fourth-order valence-corrected chi connectivity index (χ4v) is 3.33. The summed E-state index contributed by atoms with van der Waals surface area (Å²) in [4.78, 5) is 0. The van der Waals surface area contributed by atoms with Crippen molar-refractivity contribution in [3.05, 3.63) is 63.6 Å². The van der Waals surface area contributed by atoms with Crippen LogP contribution in [0.4, 0.5) is 0 Å². The first-order chi connectivity index (χ1) is 12.2. The van der Waals surface area contributed by atoms with Crippen molar-refractivity contribution < 1.29 is 4.74 Å². The fourth-order valence-electron chi connectivity index (χ4n) is 3.01. The molecule has 25 heavy (non-hydrogen) atoms. The summed E-state index contributed by atoms with van der Waals surface area (Å²) < 4.78 is 5.81. The molecule has 1 saturated heterocycles. The summed E-state index contributed by atoms with van der Waals surface area (Å²) in [5.74, 6) is 1.66. The molecule has 1 aliphatic heterocycles. The van der Waals surface area contributed by atoms with Crippen LogP contribution >= 0.6 is 23.2 Å². The number of nitrogens with one attached hydrogen (secondary N) is 2. The quantitative estimate of drug-likeness (QED) is 0.734. The second kappa shape index (κ2) is 9.44. The Bertz CT molecular complexity index is 670. The normalized spacial score (nSPS) is 15.3. The average Bonchev–Trinajstić information content (AvgIpc) is 2.65. The zero-order valence-corrected chi connectivity index (χ0v) is 15.7. The molecule has 2 N–H and O–H groups in total. The number of rotatable bonds is 7. The standard InChI is InChI=1S/C20H24Cl2N2O/c21-19-6-3-17(11-20(19)22)14-25-18-4-1-15(2-5-18)12-24-13-16-7-9-23-10-8-16/h1-6,11,16,23-24H,7-10,12-14H2. The highest BCUT2D eigenvalue weighted by Gasteiger charge is 2.11. The van der Waals surface area contributed by atoms with Gasteiger partial charge in [-0.1, -0.05) is 41.4 Å². The molecule has 0 spiro atoms. The van der Waals surface area contributed by atoms with Crippen LogP contribution in [0, 0.1) is 5.92 Å². The zero-order chi connectivity index (χ0) is 17.5. The molecule has 5 heteroatoms. The lowest BCUT2D eigenvalue weighted by Gasteiger charge is -2.22. The number of piperidine rings is 1. The second-order valence-corrected chi connectivity index (χ2v) is 7.32. The van der Waals surface area contributed by atoms with Crippen molar-refractivity contribution in [3.8, 4) is 5.75 Å². The lowest BCUT2D eigenvalue weighted by Crippen LogP contribution is -2.33. The monoisotopic (exact) mass is 378 g/mol. The number of hydrogen-bond donors (Lipinski definition) is 2. The van der Waals surface area contributed by atoms with E-state index >= 15 is 0 Å². The summed E-state index contributed by atoms with van der Waals surface area (Å²) in [6.07, 6.45) is 2.54. The Morgan fingerprint density at radius 2 is 1.68 bits per heavy atom. The third-order valence-corrected chi connectivity index (χ3v) is 5.27. The summed E-state index contributed by atoms with van der Waals surface area (Å²) in [6.45, 7) is 4.77. The summed E-state index contributed by atoms with van der Waals surface area (Å²) in [5.41, 5.74) is 2.28. The Kier molecular flexibility index (Phi) is 7.00. The molecule has 0 aliphatic carbocycles. The van der Waals surface area contributed by atoms with Gasteiger partial charge in [-0.15, -0.1) is 0 Å². The molecule has 3 nitrogen and oxygen atoms in total. The van der Waals surface area contributed by atoms with Crippen molar-refractivity contribution in [2.75, 3.05) is 19.6 Å². The molecule has 0 aromatic heterocycles.